The van der Waals surface area contributed by atoms with Crippen LogP contribution in [0.1, 0.15) is 52.7 Å². The number of hydrogen-bond donors (Lipinski definition) is 1. The van der Waals surface area contributed by atoms with Crippen molar-refractivity contribution in [1.29, 1.82) is 0 Å². The van der Waals surface area contributed by atoms with E-state index in [1.807, 2.05) is 29.2 Å². The number of halogens is 1. The molecule has 0 radical (unpaired) electrons. The van der Waals surface area contributed by atoms with Crippen LogP contribution in [0, 0.1) is 13.8 Å². The number of thioether (sulfide) groups is 1. The zero-order valence-corrected chi connectivity index (χ0v) is 19.8. The average Bonchev–Trinajstić information content (AvgIpc) is 3.63. The molecule has 4 nitrogen and oxygen atoms in total. The highest BCUT2D eigenvalue weighted by molar-refractivity contribution is 9.10. The van der Waals surface area contributed by atoms with Crippen LogP contribution in [0.25, 0.3) is 0 Å². The van der Waals surface area contributed by atoms with E-state index < -0.39 is 0 Å². The summed E-state index contributed by atoms with van der Waals surface area (Å²) in [5, 5.41) is 3.01. The summed E-state index contributed by atoms with van der Waals surface area (Å²) < 4.78 is 1.10. The van der Waals surface area contributed by atoms with Gasteiger partial charge in [0.25, 0.3) is 5.91 Å². The summed E-state index contributed by atoms with van der Waals surface area (Å²) in [6.07, 6.45) is 4.32. The molecular weight excluding hydrogens is 460 g/mol. The van der Waals surface area contributed by atoms with Gasteiger partial charge in [0.2, 0.25) is 5.91 Å². The Morgan fingerprint density at radius 3 is 2.40 bits per heavy atom. The zero-order chi connectivity index (χ0) is 21.3. The Labute approximate surface area is 190 Å². The molecule has 158 valence electrons. The van der Waals surface area contributed by atoms with Gasteiger partial charge in [0, 0.05) is 33.6 Å². The molecule has 2 aromatic rings. The number of carbonyl (C=O) groups excluding carboxylic acids is 2. The van der Waals surface area contributed by atoms with Crippen LogP contribution in [-0.2, 0) is 11.3 Å². The van der Waals surface area contributed by atoms with Crippen molar-refractivity contribution in [3.63, 3.8) is 0 Å². The van der Waals surface area contributed by atoms with E-state index in [2.05, 4.69) is 47.2 Å². The Hall–Kier alpha value is -1.79. The van der Waals surface area contributed by atoms with E-state index in [1.165, 1.54) is 11.1 Å². The highest BCUT2D eigenvalue weighted by Crippen LogP contribution is 2.32. The predicted molar refractivity (Wildman–Crippen MR) is 125 cm³/mol. The van der Waals surface area contributed by atoms with Gasteiger partial charge in [-0.1, -0.05) is 28.1 Å². The maximum Gasteiger partial charge on any atom is 0.251 e. The number of hydrogen-bond acceptors (Lipinski definition) is 3. The maximum absolute atomic E-state index is 13.0. The van der Waals surface area contributed by atoms with Crippen LogP contribution in [0.3, 0.4) is 0 Å². The molecule has 0 aromatic heterocycles. The molecule has 2 aliphatic rings. The van der Waals surface area contributed by atoms with Gasteiger partial charge < -0.3 is 10.2 Å². The molecule has 0 aliphatic heterocycles. The third-order valence-corrected chi connectivity index (χ3v) is 7.59. The Morgan fingerprint density at radius 2 is 1.77 bits per heavy atom. The molecule has 0 atom stereocenters. The lowest BCUT2D eigenvalue weighted by Gasteiger charge is -2.23. The summed E-state index contributed by atoms with van der Waals surface area (Å²) in [5.41, 5.74) is 4.12. The fraction of sp³-hybridized carbons (Fsp3) is 0.417. The van der Waals surface area contributed by atoms with Crippen molar-refractivity contribution in [3.8, 4) is 0 Å². The highest BCUT2D eigenvalue weighted by Gasteiger charge is 2.32. The molecule has 0 unspecified atom stereocenters. The van der Waals surface area contributed by atoms with Gasteiger partial charge in [-0.05, 0) is 80.5 Å². The highest BCUT2D eigenvalue weighted by atomic mass is 79.9. The number of amides is 2. The Kier molecular flexibility index (Phi) is 6.54. The van der Waals surface area contributed by atoms with Crippen molar-refractivity contribution < 1.29 is 9.59 Å². The fourth-order valence-corrected chi connectivity index (χ4v) is 4.84. The van der Waals surface area contributed by atoms with Crippen LogP contribution in [0.15, 0.2) is 45.8 Å². The second-order valence-electron chi connectivity index (χ2n) is 8.35. The number of nitrogens with zero attached hydrogens (tertiary/aromatic N) is 1. The van der Waals surface area contributed by atoms with Crippen LogP contribution < -0.4 is 5.32 Å². The fourth-order valence-electron chi connectivity index (χ4n) is 3.39. The number of rotatable bonds is 8. The predicted octanol–water partition coefficient (Wildman–Crippen LogP) is 5.24. The van der Waals surface area contributed by atoms with E-state index in [-0.39, 0.29) is 11.8 Å². The molecule has 6 heteroatoms. The van der Waals surface area contributed by atoms with Gasteiger partial charge in [0.05, 0.1) is 5.75 Å². The van der Waals surface area contributed by atoms with Gasteiger partial charge in [-0.25, -0.2) is 0 Å². The Bertz CT molecular complexity index is 952. The first kappa shape index (κ1) is 21.4. The zero-order valence-electron chi connectivity index (χ0n) is 17.4. The van der Waals surface area contributed by atoms with Crippen molar-refractivity contribution >= 4 is 39.5 Å². The van der Waals surface area contributed by atoms with E-state index in [1.54, 1.807) is 11.8 Å². The lowest BCUT2D eigenvalue weighted by molar-refractivity contribution is -0.129. The molecular formula is C24H27BrN2O2S. The minimum absolute atomic E-state index is 0.00395. The van der Waals surface area contributed by atoms with E-state index in [4.69, 9.17) is 0 Å². The molecule has 2 aromatic carbocycles. The molecule has 0 spiro atoms. The second-order valence-corrected chi connectivity index (χ2v) is 10.2. The summed E-state index contributed by atoms with van der Waals surface area (Å²) in [4.78, 5) is 28.3. The number of aryl methyl sites for hydroxylation is 2. The van der Waals surface area contributed by atoms with Crippen LogP contribution in [0.4, 0.5) is 0 Å². The van der Waals surface area contributed by atoms with Crippen molar-refractivity contribution in [3.05, 3.63) is 63.1 Å². The normalized spacial score (nSPS) is 15.7. The number of nitrogens with one attached hydrogen (secondary N) is 1. The quantitative estimate of drug-likeness (QED) is 0.518. The molecule has 0 bridgehead atoms. The number of benzene rings is 2. The Balaban J connectivity index is 1.37. The smallest absolute Gasteiger partial charge is 0.251 e. The molecule has 2 fully saturated rings. The molecule has 4 rings (SSSR count). The van der Waals surface area contributed by atoms with Crippen LogP contribution >= 0.6 is 27.7 Å². The largest absolute Gasteiger partial charge is 0.349 e. The van der Waals surface area contributed by atoms with Crippen LogP contribution in [0.5, 0.6) is 0 Å². The first-order valence-electron chi connectivity index (χ1n) is 10.5. The van der Waals surface area contributed by atoms with Crippen molar-refractivity contribution in [2.75, 3.05) is 5.75 Å². The minimum Gasteiger partial charge on any atom is -0.349 e. The van der Waals surface area contributed by atoms with Crippen molar-refractivity contribution in [2.24, 2.45) is 0 Å². The number of carbonyl (C=O) groups is 2. The van der Waals surface area contributed by atoms with E-state index in [0.29, 0.717) is 29.9 Å². The van der Waals surface area contributed by atoms with Gasteiger partial charge in [-0.15, -0.1) is 11.8 Å². The summed E-state index contributed by atoms with van der Waals surface area (Å²) in [7, 11) is 0. The van der Waals surface area contributed by atoms with Gasteiger partial charge >= 0.3 is 0 Å². The first-order chi connectivity index (χ1) is 14.4. The summed E-state index contributed by atoms with van der Waals surface area (Å²) in [6.45, 7) is 4.75. The second kappa shape index (κ2) is 9.15. The maximum atomic E-state index is 13.0. The third-order valence-electron chi connectivity index (χ3n) is 5.60. The molecule has 0 saturated heterocycles. The van der Waals surface area contributed by atoms with E-state index in [0.717, 1.165) is 40.6 Å². The van der Waals surface area contributed by atoms with Gasteiger partial charge in [-0.2, -0.15) is 0 Å². The monoisotopic (exact) mass is 486 g/mol. The van der Waals surface area contributed by atoms with Crippen molar-refractivity contribution in [1.82, 2.24) is 10.2 Å². The van der Waals surface area contributed by atoms with Crippen molar-refractivity contribution in [2.45, 2.75) is 63.1 Å². The van der Waals surface area contributed by atoms with Crippen LogP contribution in [0.2, 0.25) is 0 Å². The topological polar surface area (TPSA) is 49.4 Å². The van der Waals surface area contributed by atoms with Gasteiger partial charge in [-0.3, -0.25) is 9.59 Å². The summed E-state index contributed by atoms with van der Waals surface area (Å²) in [6, 6.07) is 12.6. The lowest BCUT2D eigenvalue weighted by Crippen LogP contribution is -2.34. The summed E-state index contributed by atoms with van der Waals surface area (Å²) >= 11 is 5.18. The first-order valence-corrected chi connectivity index (χ1v) is 12.3. The minimum atomic E-state index is -0.00395. The third kappa shape index (κ3) is 5.46. The van der Waals surface area contributed by atoms with E-state index in [9.17, 15) is 9.59 Å². The molecule has 2 aliphatic carbocycles. The molecule has 0 heterocycles. The Morgan fingerprint density at radius 1 is 1.07 bits per heavy atom. The van der Waals surface area contributed by atoms with Gasteiger partial charge in [0.1, 0.15) is 0 Å². The van der Waals surface area contributed by atoms with Gasteiger partial charge in [0.15, 0.2) is 0 Å². The molecule has 1 N–H and O–H groups in total. The lowest BCUT2D eigenvalue weighted by atomic mass is 10.1. The standard InChI is InChI=1S/C24H27BrN2O2S/c1-15-12-22(16(2)11-21(15)25)30-14-23(28)27(20-9-10-20)13-17-3-5-18(6-4-17)24(29)26-19-7-8-19/h3-6,11-12,19-20H,7-10,13-14H2,1-2H3,(H,26,29). The van der Waals surface area contributed by atoms with E-state index >= 15 is 0 Å². The summed E-state index contributed by atoms with van der Waals surface area (Å²) in [5.74, 6) is 0.620. The molecule has 30 heavy (non-hydrogen) atoms. The molecule has 2 amide bonds. The van der Waals surface area contributed by atoms with Crippen LogP contribution in [-0.4, -0.2) is 34.6 Å². The SMILES string of the molecule is Cc1cc(SCC(=O)N(Cc2ccc(C(=O)NC3CC3)cc2)C2CC2)c(C)cc1Br. The average molecular weight is 487 g/mol. The molecule has 2 saturated carbocycles.